The van der Waals surface area contributed by atoms with Crippen LogP contribution in [0.25, 0.3) is 20.2 Å². The highest BCUT2D eigenvalue weighted by atomic mass is 32.1. The maximum atomic E-state index is 13.1. The molecule has 0 saturated carbocycles. The van der Waals surface area contributed by atoms with Gasteiger partial charge < -0.3 is 9.47 Å². The van der Waals surface area contributed by atoms with Crippen molar-refractivity contribution >= 4 is 31.5 Å². The summed E-state index contributed by atoms with van der Waals surface area (Å²) in [6, 6.07) is 11.7. The topological polar surface area (TPSA) is 42.0 Å². The summed E-state index contributed by atoms with van der Waals surface area (Å²) in [5.74, 6) is 1.64. The van der Waals surface area contributed by atoms with Crippen LogP contribution in [-0.2, 0) is 0 Å². The van der Waals surface area contributed by atoms with Gasteiger partial charge in [0.2, 0.25) is 0 Å². The van der Waals surface area contributed by atoms with Gasteiger partial charge in [-0.2, -0.15) is 0 Å². The molecule has 6 heteroatoms. The van der Waals surface area contributed by atoms with E-state index in [2.05, 4.69) is 37.5 Å². The van der Waals surface area contributed by atoms with Crippen molar-refractivity contribution in [2.75, 3.05) is 52.5 Å². The molecule has 1 heterocycles. The summed E-state index contributed by atoms with van der Waals surface area (Å²) in [5.41, 5.74) is 0.0704. The Morgan fingerprint density at radius 3 is 1.40 bits per heavy atom. The third-order valence-corrected chi connectivity index (χ3v) is 7.24. The van der Waals surface area contributed by atoms with Crippen molar-refractivity contribution in [1.29, 1.82) is 0 Å². The Morgan fingerprint density at radius 2 is 1.03 bits per heavy atom. The summed E-state index contributed by atoms with van der Waals surface area (Å²) in [6.07, 6.45) is 4.60. The first-order valence-electron chi connectivity index (χ1n) is 13.3. The van der Waals surface area contributed by atoms with E-state index in [0.29, 0.717) is 13.2 Å². The fraction of sp³-hybridized carbons (Fsp3) is 0.552. The van der Waals surface area contributed by atoms with E-state index in [1.165, 1.54) is 0 Å². The first-order chi connectivity index (χ1) is 17.1. The zero-order chi connectivity index (χ0) is 25.0. The molecule has 0 amide bonds. The van der Waals surface area contributed by atoms with E-state index in [4.69, 9.17) is 9.47 Å². The minimum absolute atomic E-state index is 0.0704. The van der Waals surface area contributed by atoms with E-state index in [1.807, 2.05) is 36.4 Å². The SMILES string of the molecule is CCCN(CCC)CCOc1ccc2c(=O)c3ccc(OCCN(CCC)CCC)cc3sc2c1. The van der Waals surface area contributed by atoms with Gasteiger partial charge >= 0.3 is 0 Å². The van der Waals surface area contributed by atoms with Crippen LogP contribution in [0.2, 0.25) is 0 Å². The minimum Gasteiger partial charge on any atom is -0.492 e. The lowest BCUT2D eigenvalue weighted by Gasteiger charge is -2.21. The standard InChI is InChI=1S/C29H42N2O3S/c1-5-13-30(14-6-2)17-19-33-23-9-11-25-27(21-23)35-28-22-24(10-12-26(28)29(25)32)34-20-18-31(15-7-3)16-8-4/h9-12,21-22H,5-8,13-20H2,1-4H3. The molecule has 0 radical (unpaired) electrons. The third kappa shape index (κ3) is 7.92. The fourth-order valence-electron chi connectivity index (χ4n) is 4.51. The predicted octanol–water partition coefficient (Wildman–Crippen LogP) is 6.42. The lowest BCUT2D eigenvalue weighted by atomic mass is 10.2. The second-order valence-electron chi connectivity index (χ2n) is 9.13. The van der Waals surface area contributed by atoms with Gasteiger partial charge in [-0.05, 0) is 88.3 Å². The highest BCUT2D eigenvalue weighted by Gasteiger charge is 2.10. The maximum absolute atomic E-state index is 13.1. The van der Waals surface area contributed by atoms with Gasteiger partial charge in [-0.1, -0.05) is 27.7 Å². The van der Waals surface area contributed by atoms with Gasteiger partial charge in [0.25, 0.3) is 0 Å². The molecule has 3 aromatic rings. The molecular weight excluding hydrogens is 456 g/mol. The Kier molecular flexibility index (Phi) is 11.3. The van der Waals surface area contributed by atoms with Gasteiger partial charge in [-0.3, -0.25) is 14.6 Å². The summed E-state index contributed by atoms with van der Waals surface area (Å²) < 4.78 is 14.0. The number of ether oxygens (including phenoxy) is 2. The van der Waals surface area contributed by atoms with E-state index in [9.17, 15) is 4.79 Å². The average Bonchev–Trinajstić information content (AvgIpc) is 2.84. The molecule has 0 aliphatic heterocycles. The molecule has 0 aliphatic rings. The number of hydrogen-bond donors (Lipinski definition) is 0. The van der Waals surface area contributed by atoms with Crippen LogP contribution in [0.1, 0.15) is 53.4 Å². The zero-order valence-electron chi connectivity index (χ0n) is 22.0. The fourth-order valence-corrected chi connectivity index (χ4v) is 5.64. The van der Waals surface area contributed by atoms with Gasteiger partial charge in [0.15, 0.2) is 5.43 Å². The second-order valence-corrected chi connectivity index (χ2v) is 10.2. The summed E-state index contributed by atoms with van der Waals surface area (Å²) in [7, 11) is 0. The monoisotopic (exact) mass is 498 g/mol. The van der Waals surface area contributed by atoms with Crippen LogP contribution < -0.4 is 14.9 Å². The van der Waals surface area contributed by atoms with Crippen molar-refractivity contribution in [1.82, 2.24) is 9.80 Å². The number of fused-ring (bicyclic) bond motifs is 2. The van der Waals surface area contributed by atoms with Crippen molar-refractivity contribution in [3.05, 3.63) is 46.6 Å². The van der Waals surface area contributed by atoms with Crippen LogP contribution in [0.3, 0.4) is 0 Å². The summed E-state index contributed by atoms with van der Waals surface area (Å²) in [6.45, 7) is 16.4. The van der Waals surface area contributed by atoms with Gasteiger partial charge in [0.1, 0.15) is 24.7 Å². The normalized spacial score (nSPS) is 11.7. The number of rotatable bonds is 16. The van der Waals surface area contributed by atoms with Crippen molar-refractivity contribution in [3.8, 4) is 11.5 Å². The van der Waals surface area contributed by atoms with E-state index in [1.54, 1.807) is 11.3 Å². The molecule has 192 valence electrons. The molecule has 0 N–H and O–H groups in total. The zero-order valence-corrected chi connectivity index (χ0v) is 22.8. The number of benzene rings is 2. The maximum Gasteiger partial charge on any atom is 0.195 e. The minimum atomic E-state index is 0.0704. The predicted molar refractivity (Wildman–Crippen MR) is 151 cm³/mol. The second kappa shape index (κ2) is 14.4. The van der Waals surface area contributed by atoms with Crippen molar-refractivity contribution < 1.29 is 9.47 Å². The van der Waals surface area contributed by atoms with Gasteiger partial charge in [0, 0.05) is 33.3 Å². The molecule has 0 atom stereocenters. The Morgan fingerprint density at radius 1 is 0.629 bits per heavy atom. The Hall–Kier alpha value is -2.15. The van der Waals surface area contributed by atoms with E-state index in [-0.39, 0.29) is 5.43 Å². The van der Waals surface area contributed by atoms with Crippen LogP contribution in [0.5, 0.6) is 11.5 Å². The molecule has 1 aromatic heterocycles. The molecule has 0 spiro atoms. The first kappa shape index (κ1) is 27.4. The number of hydrogen-bond acceptors (Lipinski definition) is 6. The smallest absolute Gasteiger partial charge is 0.195 e. The van der Waals surface area contributed by atoms with Crippen LogP contribution in [0.15, 0.2) is 41.2 Å². The van der Waals surface area contributed by atoms with Crippen LogP contribution >= 0.6 is 11.3 Å². The highest BCUT2D eigenvalue weighted by molar-refractivity contribution is 7.24. The Bertz CT molecular complexity index is 1020. The summed E-state index contributed by atoms with van der Waals surface area (Å²) in [4.78, 5) is 18.0. The van der Waals surface area contributed by atoms with Gasteiger partial charge in [-0.25, -0.2) is 0 Å². The van der Waals surface area contributed by atoms with Crippen molar-refractivity contribution in [3.63, 3.8) is 0 Å². The lowest BCUT2D eigenvalue weighted by molar-refractivity contribution is 0.209. The summed E-state index contributed by atoms with van der Waals surface area (Å²) >= 11 is 1.62. The molecule has 2 aromatic carbocycles. The molecule has 5 nitrogen and oxygen atoms in total. The first-order valence-corrected chi connectivity index (χ1v) is 14.1. The van der Waals surface area contributed by atoms with Crippen LogP contribution in [0.4, 0.5) is 0 Å². The van der Waals surface area contributed by atoms with Gasteiger partial charge in [-0.15, -0.1) is 11.3 Å². The van der Waals surface area contributed by atoms with Crippen LogP contribution in [-0.4, -0.2) is 62.3 Å². The quantitative estimate of drug-likeness (QED) is 0.213. The Balaban J connectivity index is 1.71. The molecule has 35 heavy (non-hydrogen) atoms. The van der Waals surface area contributed by atoms with Gasteiger partial charge in [0.05, 0.1) is 0 Å². The molecule has 0 saturated heterocycles. The summed E-state index contributed by atoms with van der Waals surface area (Å²) in [5, 5.41) is 1.49. The van der Waals surface area contributed by atoms with E-state index in [0.717, 1.165) is 96.6 Å². The van der Waals surface area contributed by atoms with E-state index >= 15 is 0 Å². The van der Waals surface area contributed by atoms with Crippen LogP contribution in [0, 0.1) is 0 Å². The Labute approximate surface area is 214 Å². The van der Waals surface area contributed by atoms with E-state index < -0.39 is 0 Å². The molecule has 0 fully saturated rings. The molecule has 0 bridgehead atoms. The highest BCUT2D eigenvalue weighted by Crippen LogP contribution is 2.30. The lowest BCUT2D eigenvalue weighted by Crippen LogP contribution is -2.30. The molecule has 0 unspecified atom stereocenters. The third-order valence-electron chi connectivity index (χ3n) is 6.13. The molecule has 0 aliphatic carbocycles. The van der Waals surface area contributed by atoms with Crippen molar-refractivity contribution in [2.24, 2.45) is 0 Å². The molecule has 3 rings (SSSR count). The number of nitrogens with zero attached hydrogens (tertiary/aromatic N) is 2. The van der Waals surface area contributed by atoms with Crippen molar-refractivity contribution in [2.45, 2.75) is 53.4 Å². The average molecular weight is 499 g/mol. The molecular formula is C29H42N2O3S. The largest absolute Gasteiger partial charge is 0.492 e.